The van der Waals surface area contributed by atoms with Crippen LogP contribution in [0, 0.1) is 35.5 Å². The molecular formula is C24H44. The molecule has 3 aliphatic rings. The third-order valence-electron chi connectivity index (χ3n) is 8.23. The molecule has 0 heteroatoms. The lowest BCUT2D eigenvalue weighted by molar-refractivity contribution is 0.0578. The van der Waals surface area contributed by atoms with Gasteiger partial charge in [-0.25, -0.2) is 0 Å². The third-order valence-corrected chi connectivity index (χ3v) is 8.23. The molecule has 0 aromatic rings. The molecule has 24 heavy (non-hydrogen) atoms. The Hall–Kier alpha value is 0. The second kappa shape index (κ2) is 9.63. The number of fused-ring (bicyclic) bond motifs is 1. The SMILES string of the molecule is CCCCCC1CCC(C2CCC3CC(CCC)CCC3C2)CC1. The summed E-state index contributed by atoms with van der Waals surface area (Å²) in [6.07, 6.45) is 24.6. The second-order valence-electron chi connectivity index (χ2n) is 9.84. The van der Waals surface area contributed by atoms with Crippen molar-refractivity contribution in [2.24, 2.45) is 35.5 Å². The molecular weight excluding hydrogens is 288 g/mol. The molecule has 0 radical (unpaired) electrons. The molecule has 3 fully saturated rings. The lowest BCUT2D eigenvalue weighted by atomic mass is 9.60. The highest BCUT2D eigenvalue weighted by Crippen LogP contribution is 2.49. The van der Waals surface area contributed by atoms with Crippen LogP contribution < -0.4 is 0 Å². The molecule has 0 N–H and O–H groups in total. The Kier molecular flexibility index (Phi) is 7.54. The van der Waals surface area contributed by atoms with E-state index in [9.17, 15) is 0 Å². The van der Waals surface area contributed by atoms with Crippen molar-refractivity contribution in [2.45, 2.75) is 117 Å². The summed E-state index contributed by atoms with van der Waals surface area (Å²) in [5.41, 5.74) is 0. The summed E-state index contributed by atoms with van der Waals surface area (Å²) in [5, 5.41) is 0. The molecule has 0 spiro atoms. The van der Waals surface area contributed by atoms with Crippen molar-refractivity contribution in [1.82, 2.24) is 0 Å². The second-order valence-corrected chi connectivity index (χ2v) is 9.84. The standard InChI is InChI=1S/C24H44/c1-3-5-6-8-19-9-12-21(13-10-19)23-16-15-22-17-20(7-4-2)11-14-24(22)18-23/h19-24H,3-18H2,1-2H3. The van der Waals surface area contributed by atoms with Gasteiger partial charge in [0.1, 0.15) is 0 Å². The molecule has 0 nitrogen and oxygen atoms in total. The molecule has 0 heterocycles. The van der Waals surface area contributed by atoms with Gasteiger partial charge in [-0.05, 0) is 80.5 Å². The lowest BCUT2D eigenvalue weighted by Crippen LogP contribution is -2.34. The normalized spacial score (nSPS) is 40.2. The summed E-state index contributed by atoms with van der Waals surface area (Å²) in [6.45, 7) is 4.71. The maximum Gasteiger partial charge on any atom is -0.0383 e. The van der Waals surface area contributed by atoms with E-state index in [0.29, 0.717) is 0 Å². The van der Waals surface area contributed by atoms with Gasteiger partial charge < -0.3 is 0 Å². The van der Waals surface area contributed by atoms with Crippen LogP contribution in [0.4, 0.5) is 0 Å². The van der Waals surface area contributed by atoms with Crippen molar-refractivity contribution in [1.29, 1.82) is 0 Å². The Morgan fingerprint density at radius 3 is 1.79 bits per heavy atom. The number of unbranched alkanes of at least 4 members (excludes halogenated alkanes) is 2. The fourth-order valence-corrected chi connectivity index (χ4v) is 6.75. The molecule has 0 aliphatic heterocycles. The number of hydrogen-bond acceptors (Lipinski definition) is 0. The quantitative estimate of drug-likeness (QED) is 0.414. The summed E-state index contributed by atoms with van der Waals surface area (Å²) in [7, 11) is 0. The highest BCUT2D eigenvalue weighted by atomic mass is 14.4. The van der Waals surface area contributed by atoms with Crippen LogP contribution in [0.1, 0.15) is 117 Å². The van der Waals surface area contributed by atoms with Crippen LogP contribution in [0.5, 0.6) is 0 Å². The van der Waals surface area contributed by atoms with Gasteiger partial charge in [0.2, 0.25) is 0 Å². The minimum absolute atomic E-state index is 1.09. The molecule has 3 saturated carbocycles. The first-order valence-electron chi connectivity index (χ1n) is 11.8. The molecule has 4 unspecified atom stereocenters. The van der Waals surface area contributed by atoms with Crippen molar-refractivity contribution >= 4 is 0 Å². The van der Waals surface area contributed by atoms with E-state index in [0.717, 1.165) is 35.5 Å². The zero-order valence-electron chi connectivity index (χ0n) is 16.8. The van der Waals surface area contributed by atoms with E-state index in [1.165, 1.54) is 38.5 Å². The van der Waals surface area contributed by atoms with Gasteiger partial charge in [-0.15, -0.1) is 0 Å². The molecule has 0 amide bonds. The maximum absolute atomic E-state index is 2.38. The van der Waals surface area contributed by atoms with Crippen LogP contribution in [-0.4, -0.2) is 0 Å². The molecule has 3 rings (SSSR count). The van der Waals surface area contributed by atoms with Crippen LogP contribution in [0.25, 0.3) is 0 Å². The van der Waals surface area contributed by atoms with Crippen LogP contribution in [-0.2, 0) is 0 Å². The van der Waals surface area contributed by atoms with E-state index < -0.39 is 0 Å². The number of rotatable bonds is 7. The average molecular weight is 333 g/mol. The lowest BCUT2D eigenvalue weighted by Gasteiger charge is -2.45. The predicted molar refractivity (Wildman–Crippen MR) is 106 cm³/mol. The van der Waals surface area contributed by atoms with E-state index in [1.54, 1.807) is 64.2 Å². The molecule has 140 valence electrons. The van der Waals surface area contributed by atoms with E-state index in [-0.39, 0.29) is 0 Å². The molecule has 4 atom stereocenters. The minimum Gasteiger partial charge on any atom is -0.0654 e. The van der Waals surface area contributed by atoms with E-state index >= 15 is 0 Å². The first-order chi connectivity index (χ1) is 11.8. The van der Waals surface area contributed by atoms with Gasteiger partial charge in [0.25, 0.3) is 0 Å². The van der Waals surface area contributed by atoms with Crippen molar-refractivity contribution < 1.29 is 0 Å². The van der Waals surface area contributed by atoms with Crippen molar-refractivity contribution in [3.05, 3.63) is 0 Å². The van der Waals surface area contributed by atoms with Gasteiger partial charge in [0.15, 0.2) is 0 Å². The Morgan fingerprint density at radius 2 is 1.08 bits per heavy atom. The summed E-state index contributed by atoms with van der Waals surface area (Å²) < 4.78 is 0. The Labute approximate surface area is 152 Å². The van der Waals surface area contributed by atoms with Gasteiger partial charge in [0, 0.05) is 0 Å². The van der Waals surface area contributed by atoms with Crippen LogP contribution >= 0.6 is 0 Å². The topological polar surface area (TPSA) is 0 Å². The van der Waals surface area contributed by atoms with E-state index in [1.807, 2.05) is 0 Å². The fraction of sp³-hybridized carbons (Fsp3) is 1.00. The van der Waals surface area contributed by atoms with Gasteiger partial charge >= 0.3 is 0 Å². The summed E-state index contributed by atoms with van der Waals surface area (Å²) in [5.74, 6) is 6.66. The summed E-state index contributed by atoms with van der Waals surface area (Å²) in [6, 6.07) is 0. The predicted octanol–water partition coefficient (Wildman–Crippen LogP) is 8.01. The molecule has 0 aromatic carbocycles. The third kappa shape index (κ3) is 5.01. The van der Waals surface area contributed by atoms with Crippen molar-refractivity contribution in [2.75, 3.05) is 0 Å². The summed E-state index contributed by atoms with van der Waals surface area (Å²) >= 11 is 0. The minimum atomic E-state index is 1.09. The van der Waals surface area contributed by atoms with Crippen LogP contribution in [0.2, 0.25) is 0 Å². The molecule has 0 saturated heterocycles. The van der Waals surface area contributed by atoms with Gasteiger partial charge in [-0.1, -0.05) is 71.6 Å². The first-order valence-corrected chi connectivity index (χ1v) is 11.8. The average Bonchev–Trinajstić information content (AvgIpc) is 2.62. The van der Waals surface area contributed by atoms with Crippen LogP contribution in [0.15, 0.2) is 0 Å². The van der Waals surface area contributed by atoms with Crippen LogP contribution in [0.3, 0.4) is 0 Å². The zero-order chi connectivity index (χ0) is 16.8. The summed E-state index contributed by atoms with van der Waals surface area (Å²) in [4.78, 5) is 0. The van der Waals surface area contributed by atoms with Gasteiger partial charge in [-0.3, -0.25) is 0 Å². The highest BCUT2D eigenvalue weighted by Gasteiger charge is 2.38. The molecule has 0 bridgehead atoms. The maximum atomic E-state index is 2.38. The van der Waals surface area contributed by atoms with Crippen molar-refractivity contribution in [3.8, 4) is 0 Å². The van der Waals surface area contributed by atoms with Gasteiger partial charge in [-0.2, -0.15) is 0 Å². The molecule has 3 aliphatic carbocycles. The largest absolute Gasteiger partial charge is 0.0654 e. The zero-order valence-corrected chi connectivity index (χ0v) is 16.8. The van der Waals surface area contributed by atoms with Crippen molar-refractivity contribution in [3.63, 3.8) is 0 Å². The van der Waals surface area contributed by atoms with E-state index in [4.69, 9.17) is 0 Å². The highest BCUT2D eigenvalue weighted by molar-refractivity contribution is 4.89. The monoisotopic (exact) mass is 332 g/mol. The first kappa shape index (κ1) is 18.8. The smallest absolute Gasteiger partial charge is 0.0383 e. The van der Waals surface area contributed by atoms with E-state index in [2.05, 4.69) is 13.8 Å². The Bertz CT molecular complexity index is 338. The molecule has 0 aromatic heterocycles. The number of hydrogen-bond donors (Lipinski definition) is 0. The van der Waals surface area contributed by atoms with Gasteiger partial charge in [0.05, 0.1) is 0 Å². The fourth-order valence-electron chi connectivity index (χ4n) is 6.75. The Morgan fingerprint density at radius 1 is 0.500 bits per heavy atom. The Balaban J connectivity index is 1.39.